The van der Waals surface area contributed by atoms with Gasteiger partial charge in [0.05, 0.1) is 36.4 Å². The Balaban J connectivity index is 1.01. The molecule has 3 unspecified atom stereocenters. The Morgan fingerprint density at radius 2 is 1.60 bits per heavy atom. The zero-order chi connectivity index (χ0) is 44.0. The van der Waals surface area contributed by atoms with Crippen LogP contribution in [0.25, 0.3) is 0 Å². The topological polar surface area (TPSA) is 195 Å². The second-order valence-corrected chi connectivity index (χ2v) is 21.0. The predicted molar refractivity (Wildman–Crippen MR) is 218 cm³/mol. The molecule has 0 aromatic heterocycles. The van der Waals surface area contributed by atoms with Gasteiger partial charge in [-0.1, -0.05) is 37.6 Å². The number of carbonyl (C=O) groups excluding carboxylic acids is 3. The molecular formula is C47H68O15. The molecule has 9 aliphatic heterocycles. The van der Waals surface area contributed by atoms with E-state index in [1.807, 2.05) is 26.0 Å². The number of ketones is 1. The van der Waals surface area contributed by atoms with Gasteiger partial charge >= 0.3 is 5.97 Å². The molecule has 346 valence electrons. The predicted octanol–water partition coefficient (Wildman–Crippen LogP) is 4.43. The Hall–Kier alpha value is -2.15. The van der Waals surface area contributed by atoms with Crippen LogP contribution in [-0.2, 0) is 57.0 Å². The molecule has 19 atom stereocenters. The Bertz CT molecular complexity index is 1800. The van der Waals surface area contributed by atoms with Crippen molar-refractivity contribution in [2.45, 2.75) is 227 Å². The molecule has 0 aliphatic carbocycles. The molecule has 0 aromatic carbocycles. The maximum atomic E-state index is 14.1. The third kappa shape index (κ3) is 8.00. The molecule has 10 bridgehead atoms. The molecule has 62 heavy (non-hydrogen) atoms. The van der Waals surface area contributed by atoms with E-state index in [1.165, 1.54) is 0 Å². The highest BCUT2D eigenvalue weighted by Crippen LogP contribution is 2.55. The molecule has 0 saturated carbocycles. The fraction of sp³-hybridized carbons (Fsp3) is 0.851. The number of carbonyl (C=O) groups is 3. The number of hydrogen-bond donors (Lipinski definition) is 3. The zero-order valence-corrected chi connectivity index (χ0v) is 37.2. The molecule has 2 spiro atoms. The van der Waals surface area contributed by atoms with Crippen LogP contribution in [0.2, 0.25) is 0 Å². The Morgan fingerprint density at radius 3 is 2.39 bits per heavy atom. The van der Waals surface area contributed by atoms with Crippen LogP contribution in [0.4, 0.5) is 0 Å². The molecule has 0 radical (unpaired) electrons. The first-order chi connectivity index (χ1) is 29.3. The van der Waals surface area contributed by atoms with Crippen LogP contribution in [0.15, 0.2) is 23.8 Å². The van der Waals surface area contributed by atoms with E-state index in [4.69, 9.17) is 42.6 Å². The van der Waals surface area contributed by atoms with Gasteiger partial charge in [-0.2, -0.15) is 0 Å². The van der Waals surface area contributed by atoms with Gasteiger partial charge in [-0.3, -0.25) is 9.59 Å². The maximum Gasteiger partial charge on any atom is 0.311 e. The van der Waals surface area contributed by atoms with Gasteiger partial charge in [0, 0.05) is 38.5 Å². The summed E-state index contributed by atoms with van der Waals surface area (Å²) in [5.41, 5.74) is -2.03. The third-order valence-corrected chi connectivity index (χ3v) is 15.9. The summed E-state index contributed by atoms with van der Waals surface area (Å²) < 4.78 is 58.5. The lowest BCUT2D eigenvalue weighted by Gasteiger charge is -2.46. The molecule has 0 amide bonds. The summed E-state index contributed by atoms with van der Waals surface area (Å²) in [5, 5.41) is 34.8. The van der Waals surface area contributed by atoms with E-state index in [1.54, 1.807) is 13.8 Å². The number of rotatable bonds is 2. The van der Waals surface area contributed by atoms with E-state index >= 15 is 0 Å². The minimum absolute atomic E-state index is 0.0637. The first-order valence-electron chi connectivity index (χ1n) is 23.3. The van der Waals surface area contributed by atoms with Crippen LogP contribution < -0.4 is 0 Å². The average molecular weight is 873 g/mol. The van der Waals surface area contributed by atoms with Crippen molar-refractivity contribution in [2.24, 2.45) is 17.8 Å². The fourth-order valence-corrected chi connectivity index (χ4v) is 12.4. The van der Waals surface area contributed by atoms with Crippen LogP contribution in [0.3, 0.4) is 0 Å². The SMILES string of the molecule is CC1=C[C@H](C)C[C@@]2(C)CC[C@@H](O2)C23CC[C@](C=O)(C[C@@H](O2)[C@H]2O[C@](C)(CC2=O)[C@@H](O)[C@@H]2CCC4(CCC[C@H](O4)[C@@H](C)C(=O)OC4C[C@@H]([C@@]5(O)OCC[C@@H](C)[C@H]5O)O[C@@H]4C=C1)O2)O3. The van der Waals surface area contributed by atoms with Crippen molar-refractivity contribution < 1.29 is 72.3 Å². The van der Waals surface area contributed by atoms with Crippen LogP contribution in [-0.4, -0.2) is 135 Å². The molecule has 8 fully saturated rings. The second kappa shape index (κ2) is 16.3. The molecule has 8 saturated heterocycles. The fourth-order valence-electron chi connectivity index (χ4n) is 12.4. The minimum atomic E-state index is -1.97. The van der Waals surface area contributed by atoms with E-state index in [-0.39, 0.29) is 43.5 Å². The highest BCUT2D eigenvalue weighted by atomic mass is 16.8. The van der Waals surface area contributed by atoms with E-state index in [9.17, 15) is 29.7 Å². The Morgan fingerprint density at radius 1 is 0.806 bits per heavy atom. The monoisotopic (exact) mass is 872 g/mol. The lowest BCUT2D eigenvalue weighted by Crippen LogP contribution is -2.59. The van der Waals surface area contributed by atoms with Crippen molar-refractivity contribution in [1.29, 1.82) is 0 Å². The van der Waals surface area contributed by atoms with Gasteiger partial charge in [0.15, 0.2) is 23.6 Å². The lowest BCUT2D eigenvalue weighted by molar-refractivity contribution is -0.354. The Labute approximate surface area is 364 Å². The molecular weight excluding hydrogens is 805 g/mol. The summed E-state index contributed by atoms with van der Waals surface area (Å²) in [7, 11) is 0. The molecule has 9 aliphatic rings. The number of esters is 1. The summed E-state index contributed by atoms with van der Waals surface area (Å²) in [6.07, 6.45) is 4.86. The van der Waals surface area contributed by atoms with Gasteiger partial charge in [0.2, 0.25) is 5.79 Å². The van der Waals surface area contributed by atoms with Gasteiger partial charge in [-0.15, -0.1) is 0 Å². The highest BCUT2D eigenvalue weighted by Gasteiger charge is 2.66. The van der Waals surface area contributed by atoms with Crippen LogP contribution in [0.5, 0.6) is 0 Å². The summed E-state index contributed by atoms with van der Waals surface area (Å²) in [4.78, 5) is 40.7. The normalized spacial score (nSPS) is 53.6. The van der Waals surface area contributed by atoms with E-state index in [0.717, 1.165) is 24.7 Å². The lowest BCUT2D eigenvalue weighted by atomic mass is 9.87. The second-order valence-electron chi connectivity index (χ2n) is 21.0. The number of hydrogen-bond acceptors (Lipinski definition) is 15. The number of aliphatic hydroxyl groups is 3. The van der Waals surface area contributed by atoms with Gasteiger partial charge in [-0.25, -0.2) is 0 Å². The highest BCUT2D eigenvalue weighted by molar-refractivity contribution is 5.87. The van der Waals surface area contributed by atoms with E-state index < -0.39 is 107 Å². The Kier molecular flexibility index (Phi) is 11.9. The molecule has 9 rings (SSSR count). The molecule has 0 aromatic rings. The number of fused-ring (bicyclic) bond motifs is 10. The molecule has 3 N–H and O–H groups in total. The third-order valence-electron chi connectivity index (χ3n) is 15.9. The first kappa shape index (κ1) is 45.0. The first-order valence-corrected chi connectivity index (χ1v) is 23.3. The van der Waals surface area contributed by atoms with E-state index in [2.05, 4.69) is 19.9 Å². The van der Waals surface area contributed by atoms with Crippen molar-refractivity contribution in [3.05, 3.63) is 23.8 Å². The summed E-state index contributed by atoms with van der Waals surface area (Å²) in [6.45, 7) is 11.8. The van der Waals surface area contributed by atoms with Gasteiger partial charge in [0.1, 0.15) is 53.9 Å². The van der Waals surface area contributed by atoms with E-state index in [0.29, 0.717) is 57.8 Å². The van der Waals surface area contributed by atoms with Gasteiger partial charge in [-0.05, 0) is 90.9 Å². The number of aliphatic hydroxyl groups excluding tert-OH is 2. The minimum Gasteiger partial charge on any atom is -0.459 e. The van der Waals surface area contributed by atoms with Crippen molar-refractivity contribution in [3.8, 4) is 0 Å². The average Bonchev–Trinajstić information content (AvgIpc) is 4.06. The van der Waals surface area contributed by atoms with Crippen LogP contribution >= 0.6 is 0 Å². The van der Waals surface area contributed by atoms with Crippen LogP contribution in [0.1, 0.15) is 131 Å². The van der Waals surface area contributed by atoms with Crippen LogP contribution in [0, 0.1) is 17.8 Å². The molecule has 15 heteroatoms. The number of Topliss-reactive ketones (excluding diaryl/α,β-unsaturated/α-hetero) is 1. The maximum absolute atomic E-state index is 14.1. The molecule has 15 nitrogen and oxygen atoms in total. The van der Waals surface area contributed by atoms with Crippen molar-refractivity contribution in [3.63, 3.8) is 0 Å². The van der Waals surface area contributed by atoms with Crippen molar-refractivity contribution in [2.75, 3.05) is 6.61 Å². The summed E-state index contributed by atoms with van der Waals surface area (Å²) >= 11 is 0. The zero-order valence-electron chi connectivity index (χ0n) is 37.2. The van der Waals surface area contributed by atoms with Gasteiger partial charge in [0.25, 0.3) is 0 Å². The summed E-state index contributed by atoms with van der Waals surface area (Å²) in [5.74, 6) is -5.79. The van der Waals surface area contributed by atoms with Gasteiger partial charge < -0.3 is 62.7 Å². The quantitative estimate of drug-likeness (QED) is 0.260. The standard InChI is InChI=1S/C47H68O15/c1-26-9-10-32-34(21-37(55-32)47(53)39(50)28(3)13-19-54-47)56-41(52)29(4)31-8-7-14-45(57-31)16-11-33(58-45)40(51)43(6)23-30(49)38(61-43)35-24-44(25-48)17-18-46(59-35,62-44)36-12-15-42(5,60-36)22-27(2)20-26/h9-10,20,25,27-29,31-40,50-51,53H,7-8,11-19,21-24H2,1-6H3/t27-,28+,29+,31-,32+,33-,34?,35+,36+,37-,38-,39+,40-,42+,43+,44+,45?,46?,47+/m0/s1. The van der Waals surface area contributed by atoms with Crippen molar-refractivity contribution >= 4 is 18.0 Å². The largest absolute Gasteiger partial charge is 0.459 e. The van der Waals surface area contributed by atoms with Crippen molar-refractivity contribution in [1.82, 2.24) is 0 Å². The molecule has 9 heterocycles. The number of aldehydes is 1. The number of ether oxygens (including phenoxy) is 9. The number of allylic oxidation sites excluding steroid dienone is 3. The summed E-state index contributed by atoms with van der Waals surface area (Å²) in [6, 6.07) is 0. The smallest absolute Gasteiger partial charge is 0.311 e.